The predicted molar refractivity (Wildman–Crippen MR) is 44.1 cm³/mol. The summed E-state index contributed by atoms with van der Waals surface area (Å²) < 4.78 is 22.4. The van der Waals surface area contributed by atoms with E-state index in [2.05, 4.69) is 0 Å². The molecule has 2 aliphatic carbocycles. The number of hydrogen-bond donors (Lipinski definition) is 0. The lowest BCUT2D eigenvalue weighted by atomic mass is 10.0. The SMILES string of the molecule is CS(=O)(=O)[C@@H]1C[C@H]2CC[C@H]1C2. The van der Waals surface area contributed by atoms with Gasteiger partial charge in [-0.2, -0.15) is 0 Å². The van der Waals surface area contributed by atoms with Crippen molar-refractivity contribution in [2.45, 2.75) is 30.9 Å². The van der Waals surface area contributed by atoms with Gasteiger partial charge in [0, 0.05) is 6.26 Å². The zero-order valence-corrected chi connectivity index (χ0v) is 7.60. The molecule has 2 bridgehead atoms. The minimum atomic E-state index is -2.73. The van der Waals surface area contributed by atoms with Crippen molar-refractivity contribution in [2.24, 2.45) is 11.8 Å². The summed E-state index contributed by atoms with van der Waals surface area (Å²) >= 11 is 0. The van der Waals surface area contributed by atoms with Crippen LogP contribution in [0, 0.1) is 11.8 Å². The molecule has 2 aliphatic rings. The highest BCUT2D eigenvalue weighted by Crippen LogP contribution is 2.47. The Morgan fingerprint density at radius 2 is 1.91 bits per heavy atom. The Bertz CT molecular complexity index is 255. The van der Waals surface area contributed by atoms with Crippen molar-refractivity contribution in [1.29, 1.82) is 0 Å². The highest BCUT2D eigenvalue weighted by atomic mass is 32.2. The van der Waals surface area contributed by atoms with Crippen molar-refractivity contribution in [1.82, 2.24) is 0 Å². The lowest BCUT2D eigenvalue weighted by Gasteiger charge is -2.19. The quantitative estimate of drug-likeness (QED) is 0.599. The van der Waals surface area contributed by atoms with Gasteiger partial charge in [0.15, 0.2) is 9.84 Å². The first-order chi connectivity index (χ1) is 5.07. The van der Waals surface area contributed by atoms with Gasteiger partial charge in [-0.25, -0.2) is 8.42 Å². The number of hydrogen-bond acceptors (Lipinski definition) is 2. The van der Waals surface area contributed by atoms with Gasteiger partial charge in [-0.3, -0.25) is 0 Å². The molecule has 11 heavy (non-hydrogen) atoms. The van der Waals surface area contributed by atoms with E-state index >= 15 is 0 Å². The van der Waals surface area contributed by atoms with E-state index < -0.39 is 9.84 Å². The molecule has 2 nitrogen and oxygen atoms in total. The maximum Gasteiger partial charge on any atom is 0.150 e. The Morgan fingerprint density at radius 1 is 1.18 bits per heavy atom. The molecule has 3 heteroatoms. The summed E-state index contributed by atoms with van der Waals surface area (Å²) in [6, 6.07) is 0. The summed E-state index contributed by atoms with van der Waals surface area (Å²) in [4.78, 5) is 0. The fourth-order valence-electron chi connectivity index (χ4n) is 2.71. The Morgan fingerprint density at radius 3 is 2.18 bits per heavy atom. The monoisotopic (exact) mass is 174 g/mol. The molecule has 64 valence electrons. The standard InChI is InChI=1S/C8H14O2S/c1-11(9,10)8-5-6-2-3-7(8)4-6/h6-8H,2-5H2,1H3/t6-,7-,8+/m0/s1. The minimum Gasteiger partial charge on any atom is -0.229 e. The van der Waals surface area contributed by atoms with Crippen LogP contribution in [0.4, 0.5) is 0 Å². The van der Waals surface area contributed by atoms with E-state index in [9.17, 15) is 8.42 Å². The molecular weight excluding hydrogens is 160 g/mol. The number of sulfone groups is 1. The maximum atomic E-state index is 11.2. The molecule has 0 aromatic carbocycles. The molecule has 3 atom stereocenters. The minimum absolute atomic E-state index is 0.0150. The second kappa shape index (κ2) is 2.22. The first-order valence-electron chi connectivity index (χ1n) is 4.26. The van der Waals surface area contributed by atoms with Gasteiger partial charge in [0.1, 0.15) is 0 Å². The van der Waals surface area contributed by atoms with Gasteiger partial charge < -0.3 is 0 Å². The van der Waals surface area contributed by atoms with Crippen LogP contribution in [0.5, 0.6) is 0 Å². The van der Waals surface area contributed by atoms with Gasteiger partial charge in [0.2, 0.25) is 0 Å². The summed E-state index contributed by atoms with van der Waals surface area (Å²) in [5.74, 6) is 1.25. The Kier molecular flexibility index (Phi) is 1.53. The number of rotatable bonds is 1. The zero-order valence-electron chi connectivity index (χ0n) is 6.79. The van der Waals surface area contributed by atoms with Crippen molar-refractivity contribution < 1.29 is 8.42 Å². The normalized spacial score (nSPS) is 43.2. The summed E-state index contributed by atoms with van der Waals surface area (Å²) in [7, 11) is -2.73. The van der Waals surface area contributed by atoms with Crippen LogP contribution >= 0.6 is 0 Å². The van der Waals surface area contributed by atoms with Gasteiger partial charge >= 0.3 is 0 Å². The Labute approximate surface area is 67.9 Å². The molecule has 0 N–H and O–H groups in total. The Balaban J connectivity index is 2.21. The van der Waals surface area contributed by atoms with Crippen LogP contribution in [0.3, 0.4) is 0 Å². The van der Waals surface area contributed by atoms with Crippen molar-refractivity contribution in [3.63, 3.8) is 0 Å². The zero-order chi connectivity index (χ0) is 8.06. The summed E-state index contributed by atoms with van der Waals surface area (Å²) in [5.41, 5.74) is 0. The first-order valence-corrected chi connectivity index (χ1v) is 6.21. The lowest BCUT2D eigenvalue weighted by molar-refractivity contribution is 0.467. The molecule has 0 aromatic heterocycles. The van der Waals surface area contributed by atoms with E-state index in [1.54, 1.807) is 0 Å². The van der Waals surface area contributed by atoms with Crippen LogP contribution in [-0.4, -0.2) is 19.9 Å². The fourth-order valence-corrected chi connectivity index (χ4v) is 4.28. The van der Waals surface area contributed by atoms with Crippen LogP contribution in [0.1, 0.15) is 25.7 Å². The third-order valence-corrected chi connectivity index (χ3v) is 4.90. The highest BCUT2D eigenvalue weighted by Gasteiger charge is 2.44. The molecule has 0 aromatic rings. The van der Waals surface area contributed by atoms with Crippen molar-refractivity contribution in [3.8, 4) is 0 Å². The Hall–Kier alpha value is -0.0500. The molecule has 0 saturated heterocycles. The third-order valence-electron chi connectivity index (χ3n) is 3.22. The van der Waals surface area contributed by atoms with E-state index in [1.807, 2.05) is 0 Å². The molecule has 0 aliphatic heterocycles. The molecule has 0 radical (unpaired) electrons. The third kappa shape index (κ3) is 1.19. The fraction of sp³-hybridized carbons (Fsp3) is 1.00. The van der Waals surface area contributed by atoms with E-state index in [1.165, 1.54) is 19.1 Å². The maximum absolute atomic E-state index is 11.2. The van der Waals surface area contributed by atoms with Gasteiger partial charge in [0.05, 0.1) is 5.25 Å². The smallest absolute Gasteiger partial charge is 0.150 e. The van der Waals surface area contributed by atoms with Crippen LogP contribution in [0.25, 0.3) is 0 Å². The molecule has 0 amide bonds. The largest absolute Gasteiger partial charge is 0.229 e. The van der Waals surface area contributed by atoms with Crippen LogP contribution in [0.2, 0.25) is 0 Å². The second-order valence-corrected chi connectivity index (χ2v) is 6.31. The molecule has 0 heterocycles. The average Bonchev–Trinajstić information content (AvgIpc) is 2.42. The van der Waals surface area contributed by atoms with Gasteiger partial charge in [-0.15, -0.1) is 0 Å². The van der Waals surface area contributed by atoms with Crippen molar-refractivity contribution in [2.75, 3.05) is 6.26 Å². The second-order valence-electron chi connectivity index (χ2n) is 4.04. The predicted octanol–water partition coefficient (Wildman–Crippen LogP) is 1.22. The van der Waals surface area contributed by atoms with E-state index in [0.29, 0.717) is 5.92 Å². The summed E-state index contributed by atoms with van der Waals surface area (Å²) in [5, 5.41) is 0.0150. The van der Waals surface area contributed by atoms with Crippen LogP contribution in [-0.2, 0) is 9.84 Å². The van der Waals surface area contributed by atoms with Gasteiger partial charge in [-0.1, -0.05) is 6.42 Å². The van der Waals surface area contributed by atoms with E-state index in [-0.39, 0.29) is 5.25 Å². The summed E-state index contributed by atoms with van der Waals surface area (Å²) in [6.07, 6.45) is 5.94. The van der Waals surface area contributed by atoms with E-state index in [4.69, 9.17) is 0 Å². The van der Waals surface area contributed by atoms with Crippen molar-refractivity contribution >= 4 is 9.84 Å². The van der Waals surface area contributed by atoms with Crippen LogP contribution < -0.4 is 0 Å². The highest BCUT2D eigenvalue weighted by molar-refractivity contribution is 7.91. The van der Waals surface area contributed by atoms with Gasteiger partial charge in [-0.05, 0) is 31.1 Å². The molecule has 0 spiro atoms. The van der Waals surface area contributed by atoms with Crippen LogP contribution in [0.15, 0.2) is 0 Å². The van der Waals surface area contributed by atoms with Gasteiger partial charge in [0.25, 0.3) is 0 Å². The molecule has 2 rings (SSSR count). The molecular formula is C8H14O2S. The number of fused-ring (bicyclic) bond motifs is 2. The lowest BCUT2D eigenvalue weighted by Crippen LogP contribution is -2.25. The summed E-state index contributed by atoms with van der Waals surface area (Å²) in [6.45, 7) is 0. The molecule has 2 fully saturated rings. The first kappa shape index (κ1) is 7.59. The topological polar surface area (TPSA) is 34.1 Å². The van der Waals surface area contributed by atoms with Crippen molar-refractivity contribution in [3.05, 3.63) is 0 Å². The molecule has 2 saturated carbocycles. The average molecular weight is 174 g/mol. The molecule has 0 unspecified atom stereocenters. The van der Waals surface area contributed by atoms with E-state index in [0.717, 1.165) is 18.8 Å².